The van der Waals surface area contributed by atoms with Crippen molar-refractivity contribution in [1.82, 2.24) is 9.80 Å². The molecule has 2 rings (SSSR count). The normalized spacial score (nSPS) is 25.0. The van der Waals surface area contributed by atoms with Gasteiger partial charge >= 0.3 is 6.09 Å². The highest BCUT2D eigenvalue weighted by molar-refractivity contribution is 5.68. The highest BCUT2D eigenvalue weighted by Crippen LogP contribution is 2.26. The zero-order chi connectivity index (χ0) is 16.2. The molecule has 2 saturated heterocycles. The summed E-state index contributed by atoms with van der Waals surface area (Å²) in [5, 5.41) is 0. The minimum atomic E-state index is -0.404. The molecule has 4 heteroatoms. The van der Waals surface area contributed by atoms with E-state index in [9.17, 15) is 4.79 Å². The van der Waals surface area contributed by atoms with E-state index >= 15 is 0 Å². The van der Waals surface area contributed by atoms with Crippen molar-refractivity contribution in [3.8, 4) is 0 Å². The number of hydrogen-bond acceptors (Lipinski definition) is 3. The molecular weight excluding hydrogens is 276 g/mol. The second-order valence-corrected chi connectivity index (χ2v) is 7.73. The fraction of sp³-hybridized carbons (Fsp3) is 0.833. The van der Waals surface area contributed by atoms with E-state index in [4.69, 9.17) is 4.74 Å². The lowest BCUT2D eigenvalue weighted by Gasteiger charge is -2.42. The molecule has 2 heterocycles. The largest absolute Gasteiger partial charge is 0.444 e. The summed E-state index contributed by atoms with van der Waals surface area (Å²) in [7, 11) is 0. The van der Waals surface area contributed by atoms with Crippen LogP contribution in [0.1, 0.15) is 52.9 Å². The lowest BCUT2D eigenvalue weighted by Crippen LogP contribution is -2.50. The van der Waals surface area contributed by atoms with Gasteiger partial charge in [0.1, 0.15) is 5.60 Å². The predicted molar refractivity (Wildman–Crippen MR) is 89.9 cm³/mol. The number of allylic oxidation sites excluding steroid dienone is 1. The van der Waals surface area contributed by atoms with Crippen molar-refractivity contribution in [1.29, 1.82) is 0 Å². The third-order valence-electron chi connectivity index (χ3n) is 4.68. The number of likely N-dealkylation sites (tertiary alicyclic amines) is 2. The summed E-state index contributed by atoms with van der Waals surface area (Å²) < 4.78 is 5.47. The summed E-state index contributed by atoms with van der Waals surface area (Å²) in [5.74, 6) is 0.773. The van der Waals surface area contributed by atoms with E-state index in [0.29, 0.717) is 6.04 Å². The number of ether oxygens (including phenoxy) is 1. The fourth-order valence-corrected chi connectivity index (χ4v) is 3.60. The van der Waals surface area contributed by atoms with Crippen molar-refractivity contribution >= 4 is 6.09 Å². The molecule has 2 aliphatic rings. The Hall–Kier alpha value is -1.03. The molecule has 2 aliphatic heterocycles. The maximum atomic E-state index is 12.1. The smallest absolute Gasteiger partial charge is 0.410 e. The van der Waals surface area contributed by atoms with Crippen LogP contribution < -0.4 is 0 Å². The molecule has 0 aromatic heterocycles. The maximum absolute atomic E-state index is 12.1. The fourth-order valence-electron chi connectivity index (χ4n) is 3.60. The zero-order valence-corrected chi connectivity index (χ0v) is 14.5. The van der Waals surface area contributed by atoms with Crippen molar-refractivity contribution in [3.63, 3.8) is 0 Å². The van der Waals surface area contributed by atoms with Crippen molar-refractivity contribution in [2.24, 2.45) is 5.92 Å². The molecule has 0 aromatic carbocycles. The van der Waals surface area contributed by atoms with Gasteiger partial charge in [-0.1, -0.05) is 6.08 Å². The molecule has 0 bridgehead atoms. The number of amides is 1. The summed E-state index contributed by atoms with van der Waals surface area (Å²) in [6.45, 7) is 13.7. The maximum Gasteiger partial charge on any atom is 0.410 e. The molecule has 0 aliphatic carbocycles. The number of nitrogens with zero attached hydrogens (tertiary/aromatic N) is 2. The van der Waals surface area contributed by atoms with Crippen LogP contribution in [0.15, 0.2) is 12.7 Å². The monoisotopic (exact) mass is 308 g/mol. The lowest BCUT2D eigenvalue weighted by molar-refractivity contribution is 0.0111. The molecule has 2 fully saturated rings. The molecular formula is C18H32N2O2. The van der Waals surface area contributed by atoms with Crippen LogP contribution in [-0.2, 0) is 4.74 Å². The number of carbonyl (C=O) groups excluding carboxylic acids is 1. The van der Waals surface area contributed by atoms with E-state index in [1.165, 1.54) is 25.9 Å². The Bertz CT molecular complexity index is 381. The summed E-state index contributed by atoms with van der Waals surface area (Å²) in [5.41, 5.74) is -0.404. The second kappa shape index (κ2) is 7.49. The molecule has 0 N–H and O–H groups in total. The van der Waals surface area contributed by atoms with Gasteiger partial charge in [0.2, 0.25) is 0 Å². The number of rotatable bonds is 3. The van der Waals surface area contributed by atoms with E-state index < -0.39 is 5.60 Å². The summed E-state index contributed by atoms with van der Waals surface area (Å²) in [4.78, 5) is 16.6. The van der Waals surface area contributed by atoms with Crippen LogP contribution in [0, 0.1) is 5.92 Å². The Labute approximate surface area is 135 Å². The summed E-state index contributed by atoms with van der Waals surface area (Å²) in [6.07, 6.45) is 7.80. The molecule has 0 radical (unpaired) electrons. The molecule has 22 heavy (non-hydrogen) atoms. The highest BCUT2D eigenvalue weighted by atomic mass is 16.6. The van der Waals surface area contributed by atoms with Crippen LogP contribution in [-0.4, -0.2) is 53.7 Å². The van der Waals surface area contributed by atoms with Crippen LogP contribution >= 0.6 is 0 Å². The molecule has 1 atom stereocenters. The van der Waals surface area contributed by atoms with Gasteiger partial charge in [0.25, 0.3) is 0 Å². The highest BCUT2D eigenvalue weighted by Gasteiger charge is 2.31. The average Bonchev–Trinajstić information content (AvgIpc) is 2.46. The first-order valence-corrected chi connectivity index (χ1v) is 8.72. The van der Waals surface area contributed by atoms with Crippen LogP contribution in [0.25, 0.3) is 0 Å². The van der Waals surface area contributed by atoms with Crippen LogP contribution in [0.2, 0.25) is 0 Å². The van der Waals surface area contributed by atoms with Gasteiger partial charge in [0.05, 0.1) is 0 Å². The molecule has 1 amide bonds. The van der Waals surface area contributed by atoms with Crippen molar-refractivity contribution < 1.29 is 9.53 Å². The van der Waals surface area contributed by atoms with E-state index in [1.807, 2.05) is 25.7 Å². The first-order chi connectivity index (χ1) is 10.4. The van der Waals surface area contributed by atoms with Gasteiger partial charge in [0.15, 0.2) is 0 Å². The quantitative estimate of drug-likeness (QED) is 0.746. The average molecular weight is 308 g/mol. The second-order valence-electron chi connectivity index (χ2n) is 7.73. The van der Waals surface area contributed by atoms with Crippen LogP contribution in [0.5, 0.6) is 0 Å². The standard InChI is InChI=1S/C18H32N2O2/c1-5-7-15-8-6-11-20(14-15)16-9-12-19(13-10-16)17(21)22-18(2,3)4/h5,15-16H,1,6-14H2,2-4H3/t15-/m1/s1. The molecule has 0 aromatic rings. The molecule has 0 unspecified atom stereocenters. The van der Waals surface area contributed by atoms with Crippen LogP contribution in [0.4, 0.5) is 4.79 Å². The third-order valence-corrected chi connectivity index (χ3v) is 4.68. The summed E-state index contributed by atoms with van der Waals surface area (Å²) >= 11 is 0. The summed E-state index contributed by atoms with van der Waals surface area (Å²) in [6, 6.07) is 0.631. The lowest BCUT2D eigenvalue weighted by atomic mass is 9.92. The third kappa shape index (κ3) is 5.01. The Kier molecular flexibility index (Phi) is 5.90. The van der Waals surface area contributed by atoms with Gasteiger partial charge in [-0.3, -0.25) is 4.90 Å². The Morgan fingerprint density at radius 3 is 2.50 bits per heavy atom. The van der Waals surface area contributed by atoms with Gasteiger partial charge < -0.3 is 9.64 Å². The Morgan fingerprint density at radius 1 is 1.23 bits per heavy atom. The first kappa shape index (κ1) is 17.3. The topological polar surface area (TPSA) is 32.8 Å². The Morgan fingerprint density at radius 2 is 1.91 bits per heavy atom. The van der Waals surface area contributed by atoms with Gasteiger partial charge in [-0.25, -0.2) is 4.79 Å². The molecule has 126 valence electrons. The first-order valence-electron chi connectivity index (χ1n) is 8.72. The number of piperidine rings is 2. The number of hydrogen-bond donors (Lipinski definition) is 0. The van der Waals surface area contributed by atoms with Crippen molar-refractivity contribution in [2.75, 3.05) is 26.2 Å². The predicted octanol–water partition coefficient (Wildman–Crippen LogP) is 3.67. The minimum absolute atomic E-state index is 0.158. The van der Waals surface area contributed by atoms with Crippen LogP contribution in [0.3, 0.4) is 0 Å². The number of carbonyl (C=O) groups is 1. The van der Waals surface area contributed by atoms with Crippen molar-refractivity contribution in [3.05, 3.63) is 12.7 Å². The van der Waals surface area contributed by atoms with Gasteiger partial charge in [0, 0.05) is 25.7 Å². The van der Waals surface area contributed by atoms with E-state index in [-0.39, 0.29) is 6.09 Å². The SMILES string of the molecule is C=CC[C@@H]1CCCN(C2CCN(C(=O)OC(C)(C)C)CC2)C1. The molecule has 0 spiro atoms. The van der Waals surface area contributed by atoms with E-state index in [1.54, 1.807) is 0 Å². The molecule has 4 nitrogen and oxygen atoms in total. The van der Waals surface area contributed by atoms with E-state index in [2.05, 4.69) is 17.6 Å². The minimum Gasteiger partial charge on any atom is -0.444 e. The van der Waals surface area contributed by atoms with Gasteiger partial charge in [-0.2, -0.15) is 0 Å². The van der Waals surface area contributed by atoms with Crippen molar-refractivity contribution in [2.45, 2.75) is 64.5 Å². The Balaban J connectivity index is 1.79. The van der Waals surface area contributed by atoms with E-state index in [0.717, 1.165) is 38.3 Å². The zero-order valence-electron chi connectivity index (χ0n) is 14.5. The van der Waals surface area contributed by atoms with Gasteiger partial charge in [-0.05, 0) is 65.3 Å². The van der Waals surface area contributed by atoms with Gasteiger partial charge in [-0.15, -0.1) is 6.58 Å². The molecule has 0 saturated carbocycles.